The first kappa shape index (κ1) is 16.9. The molecular formula is C13H7Cl3O5S. The molecule has 0 bridgehead atoms. The molecule has 1 N–H and O–H groups in total. The Hall–Kier alpha value is -1.47. The number of halogens is 3. The summed E-state index contributed by atoms with van der Waals surface area (Å²) in [4.78, 5) is 10.4. The van der Waals surface area contributed by atoms with E-state index in [1.807, 2.05) is 0 Å². The molecule has 0 fully saturated rings. The molecule has 0 saturated heterocycles. The van der Waals surface area contributed by atoms with Gasteiger partial charge in [0.15, 0.2) is 5.75 Å². The van der Waals surface area contributed by atoms with Gasteiger partial charge in [-0.15, -0.1) is 0 Å². The highest BCUT2D eigenvalue weighted by atomic mass is 35.5. The number of carboxylic acids is 1. The lowest BCUT2D eigenvalue weighted by molar-refractivity contribution is 0.0696. The Bertz CT molecular complexity index is 849. The summed E-state index contributed by atoms with van der Waals surface area (Å²) in [6.45, 7) is 0. The second kappa shape index (κ2) is 6.34. The predicted octanol–water partition coefficient (Wildman–Crippen LogP) is 4.11. The number of hydrogen-bond acceptors (Lipinski definition) is 4. The number of benzene rings is 2. The van der Waals surface area contributed by atoms with Crippen molar-refractivity contribution in [3.63, 3.8) is 0 Å². The lowest BCUT2D eigenvalue weighted by Gasteiger charge is -2.10. The Morgan fingerprint density at radius 2 is 1.64 bits per heavy atom. The Kier molecular flexibility index (Phi) is 4.87. The van der Waals surface area contributed by atoms with E-state index in [-0.39, 0.29) is 26.4 Å². The van der Waals surface area contributed by atoms with Crippen LogP contribution >= 0.6 is 34.8 Å². The molecule has 116 valence electrons. The molecule has 2 aromatic rings. The monoisotopic (exact) mass is 380 g/mol. The molecule has 0 saturated carbocycles. The molecular weight excluding hydrogens is 375 g/mol. The van der Waals surface area contributed by atoms with Crippen molar-refractivity contribution in [2.45, 2.75) is 4.90 Å². The maximum Gasteiger partial charge on any atom is 0.340 e. The first-order chi connectivity index (χ1) is 10.2. The predicted molar refractivity (Wildman–Crippen MR) is 82.7 cm³/mol. The van der Waals surface area contributed by atoms with Crippen molar-refractivity contribution in [2.24, 2.45) is 0 Å². The van der Waals surface area contributed by atoms with Crippen molar-refractivity contribution in [1.82, 2.24) is 0 Å². The summed E-state index contributed by atoms with van der Waals surface area (Å²) in [6.07, 6.45) is 0. The van der Waals surface area contributed by atoms with E-state index in [4.69, 9.17) is 44.1 Å². The highest BCUT2D eigenvalue weighted by Crippen LogP contribution is 2.32. The summed E-state index contributed by atoms with van der Waals surface area (Å²) >= 11 is 17.4. The summed E-state index contributed by atoms with van der Waals surface area (Å²) in [7, 11) is -4.38. The quantitative estimate of drug-likeness (QED) is 0.806. The number of hydrogen-bond donors (Lipinski definition) is 1. The largest absolute Gasteiger partial charge is 0.478 e. The van der Waals surface area contributed by atoms with E-state index in [0.717, 1.165) is 12.1 Å². The summed E-state index contributed by atoms with van der Waals surface area (Å²) in [5, 5.41) is 8.99. The zero-order chi connectivity index (χ0) is 16.5. The Labute approximate surface area is 141 Å². The molecule has 0 aliphatic rings. The van der Waals surface area contributed by atoms with Gasteiger partial charge in [0.1, 0.15) is 4.90 Å². The van der Waals surface area contributed by atoms with Crippen molar-refractivity contribution < 1.29 is 22.5 Å². The van der Waals surface area contributed by atoms with Gasteiger partial charge in [-0.05, 0) is 30.3 Å². The van der Waals surface area contributed by atoms with Crippen LogP contribution in [0.25, 0.3) is 0 Å². The third-order valence-electron chi connectivity index (χ3n) is 2.54. The molecule has 0 radical (unpaired) electrons. The number of carbonyl (C=O) groups is 1. The molecule has 9 heteroatoms. The van der Waals surface area contributed by atoms with E-state index in [1.54, 1.807) is 0 Å². The topological polar surface area (TPSA) is 80.7 Å². The highest BCUT2D eigenvalue weighted by Gasteiger charge is 2.23. The molecule has 0 heterocycles. The van der Waals surface area contributed by atoms with Crippen molar-refractivity contribution >= 4 is 50.9 Å². The summed E-state index contributed by atoms with van der Waals surface area (Å²) in [5.41, 5.74) is -0.247. The third-order valence-corrected chi connectivity index (χ3v) is 4.80. The van der Waals surface area contributed by atoms with Crippen LogP contribution in [-0.4, -0.2) is 19.5 Å². The van der Waals surface area contributed by atoms with E-state index in [1.165, 1.54) is 24.3 Å². The van der Waals surface area contributed by atoms with E-state index in [2.05, 4.69) is 0 Å². The van der Waals surface area contributed by atoms with Crippen LogP contribution in [0.5, 0.6) is 5.75 Å². The number of carboxylic acid groups (broad SMARTS) is 1. The van der Waals surface area contributed by atoms with Crippen LogP contribution in [0.15, 0.2) is 41.3 Å². The summed E-state index contributed by atoms with van der Waals surface area (Å²) in [6, 6.07) is 7.27. The molecule has 2 rings (SSSR count). The number of rotatable bonds is 4. The van der Waals surface area contributed by atoms with Crippen LogP contribution in [0, 0.1) is 0 Å². The first-order valence-corrected chi connectivity index (χ1v) is 8.17. The SMILES string of the molecule is O=C(O)c1ccc(Cl)c(S(=O)(=O)Oc2cc(Cl)ccc2Cl)c1. The fourth-order valence-corrected chi connectivity index (χ4v) is 3.34. The second-order valence-corrected chi connectivity index (χ2v) is 6.83. The molecule has 0 aliphatic heterocycles. The van der Waals surface area contributed by atoms with E-state index < -0.39 is 21.0 Å². The van der Waals surface area contributed by atoms with E-state index >= 15 is 0 Å². The van der Waals surface area contributed by atoms with E-state index in [9.17, 15) is 13.2 Å². The van der Waals surface area contributed by atoms with Gasteiger partial charge >= 0.3 is 16.1 Å². The lowest BCUT2D eigenvalue weighted by atomic mass is 10.2. The molecule has 0 aliphatic carbocycles. The Morgan fingerprint density at radius 3 is 2.27 bits per heavy atom. The zero-order valence-corrected chi connectivity index (χ0v) is 13.7. The Balaban J connectivity index is 2.49. The average Bonchev–Trinajstić information content (AvgIpc) is 2.42. The van der Waals surface area contributed by atoms with Gasteiger partial charge in [0.05, 0.1) is 15.6 Å². The van der Waals surface area contributed by atoms with Gasteiger partial charge in [0.2, 0.25) is 0 Å². The molecule has 0 aromatic heterocycles. The third kappa shape index (κ3) is 3.64. The van der Waals surface area contributed by atoms with Gasteiger partial charge in [0.25, 0.3) is 0 Å². The van der Waals surface area contributed by atoms with Crippen molar-refractivity contribution in [2.75, 3.05) is 0 Å². The maximum atomic E-state index is 12.3. The smallest absolute Gasteiger partial charge is 0.340 e. The van der Waals surface area contributed by atoms with Gasteiger partial charge in [-0.25, -0.2) is 4.79 Å². The standard InChI is InChI=1S/C13H7Cl3O5S/c14-8-2-4-9(15)11(6-8)21-22(19,20)12-5-7(13(17)18)1-3-10(12)16/h1-6H,(H,17,18). The zero-order valence-electron chi connectivity index (χ0n) is 10.6. The normalized spacial score (nSPS) is 11.2. The van der Waals surface area contributed by atoms with Crippen LogP contribution in [0.4, 0.5) is 0 Å². The van der Waals surface area contributed by atoms with Crippen LogP contribution in [0.2, 0.25) is 15.1 Å². The highest BCUT2D eigenvalue weighted by molar-refractivity contribution is 7.87. The minimum atomic E-state index is -4.38. The molecule has 0 atom stereocenters. The molecule has 2 aromatic carbocycles. The molecule has 0 spiro atoms. The van der Waals surface area contributed by atoms with Gasteiger partial charge < -0.3 is 9.29 Å². The van der Waals surface area contributed by atoms with Crippen molar-refractivity contribution in [3.05, 3.63) is 57.0 Å². The van der Waals surface area contributed by atoms with Crippen LogP contribution < -0.4 is 4.18 Å². The fourth-order valence-electron chi connectivity index (χ4n) is 1.53. The molecule has 0 unspecified atom stereocenters. The maximum absolute atomic E-state index is 12.3. The van der Waals surface area contributed by atoms with Crippen LogP contribution in [0.3, 0.4) is 0 Å². The average molecular weight is 382 g/mol. The lowest BCUT2D eigenvalue weighted by Crippen LogP contribution is -2.12. The van der Waals surface area contributed by atoms with Gasteiger partial charge in [0, 0.05) is 11.1 Å². The number of aromatic carboxylic acids is 1. The Morgan fingerprint density at radius 1 is 1.00 bits per heavy atom. The first-order valence-electron chi connectivity index (χ1n) is 5.63. The van der Waals surface area contributed by atoms with E-state index in [0.29, 0.717) is 0 Å². The summed E-state index contributed by atoms with van der Waals surface area (Å²) < 4.78 is 29.4. The van der Waals surface area contributed by atoms with Crippen molar-refractivity contribution in [3.8, 4) is 5.75 Å². The van der Waals surface area contributed by atoms with Gasteiger partial charge in [-0.1, -0.05) is 34.8 Å². The fraction of sp³-hybridized carbons (Fsp3) is 0. The molecule has 5 nitrogen and oxygen atoms in total. The molecule has 22 heavy (non-hydrogen) atoms. The minimum absolute atomic E-state index is 0.0264. The van der Waals surface area contributed by atoms with Gasteiger partial charge in [-0.3, -0.25) is 0 Å². The summed E-state index contributed by atoms with van der Waals surface area (Å²) in [5.74, 6) is -1.49. The van der Waals surface area contributed by atoms with Crippen LogP contribution in [0.1, 0.15) is 10.4 Å². The van der Waals surface area contributed by atoms with Crippen molar-refractivity contribution in [1.29, 1.82) is 0 Å². The minimum Gasteiger partial charge on any atom is -0.478 e. The second-order valence-electron chi connectivity index (χ2n) is 4.06. The molecule has 0 amide bonds. The van der Waals surface area contributed by atoms with Crippen LogP contribution in [-0.2, 0) is 10.1 Å². The van der Waals surface area contributed by atoms with Gasteiger partial charge in [-0.2, -0.15) is 8.42 Å².